The summed E-state index contributed by atoms with van der Waals surface area (Å²) >= 11 is 0. The Morgan fingerprint density at radius 1 is 1.32 bits per heavy atom. The minimum absolute atomic E-state index is 0.0901. The van der Waals surface area contributed by atoms with Crippen molar-refractivity contribution in [2.24, 2.45) is 5.92 Å². The second-order valence-electron chi connectivity index (χ2n) is 4.35. The summed E-state index contributed by atoms with van der Waals surface area (Å²) in [5.74, 6) is -0.315. The smallest absolute Gasteiger partial charge is 0.327 e. The lowest BCUT2D eigenvalue weighted by Gasteiger charge is -2.43. The SMILES string of the molecule is O=c1[nH]c(=O)c2ncn(C3OC(CO)C3CO)c2[nH]1. The number of aliphatic hydroxyl groups excluding tert-OH is 2. The first-order valence-corrected chi connectivity index (χ1v) is 5.72. The van der Waals surface area contributed by atoms with Crippen LogP contribution >= 0.6 is 0 Å². The Kier molecular flexibility index (Phi) is 2.73. The lowest BCUT2D eigenvalue weighted by Crippen LogP contribution is -2.49. The maximum Gasteiger partial charge on any atom is 0.327 e. The van der Waals surface area contributed by atoms with Gasteiger partial charge >= 0.3 is 5.69 Å². The largest absolute Gasteiger partial charge is 0.396 e. The molecule has 3 unspecified atom stereocenters. The molecular weight excluding hydrogens is 256 g/mol. The van der Waals surface area contributed by atoms with Gasteiger partial charge in [0.15, 0.2) is 5.52 Å². The molecule has 3 rings (SSSR count). The number of H-pyrrole nitrogens is 2. The number of rotatable bonds is 3. The molecule has 1 fully saturated rings. The number of aromatic amines is 2. The molecular formula is C10H12N4O5. The third kappa shape index (κ3) is 1.70. The molecule has 1 aliphatic rings. The number of hydrogen-bond acceptors (Lipinski definition) is 6. The molecule has 2 aromatic heterocycles. The second kappa shape index (κ2) is 4.30. The van der Waals surface area contributed by atoms with E-state index in [0.717, 1.165) is 0 Å². The molecule has 0 radical (unpaired) electrons. The van der Waals surface area contributed by atoms with Crippen LogP contribution in [0.25, 0.3) is 11.2 Å². The summed E-state index contributed by atoms with van der Waals surface area (Å²) < 4.78 is 6.87. The van der Waals surface area contributed by atoms with Crippen molar-refractivity contribution in [3.63, 3.8) is 0 Å². The highest BCUT2D eigenvalue weighted by atomic mass is 16.5. The number of fused-ring (bicyclic) bond motifs is 1. The van der Waals surface area contributed by atoms with Crippen molar-refractivity contribution in [1.29, 1.82) is 0 Å². The molecule has 9 heteroatoms. The number of nitrogens with zero attached hydrogens (tertiary/aromatic N) is 2. The highest BCUT2D eigenvalue weighted by Crippen LogP contribution is 2.37. The van der Waals surface area contributed by atoms with Crippen LogP contribution in [0.4, 0.5) is 0 Å². The maximum absolute atomic E-state index is 11.5. The van der Waals surface area contributed by atoms with E-state index in [4.69, 9.17) is 9.84 Å². The van der Waals surface area contributed by atoms with Crippen molar-refractivity contribution in [2.45, 2.75) is 12.3 Å². The predicted octanol–water partition coefficient (Wildman–Crippen LogP) is -2.09. The molecule has 9 nitrogen and oxygen atoms in total. The predicted molar refractivity (Wildman–Crippen MR) is 62.5 cm³/mol. The molecule has 4 N–H and O–H groups in total. The first kappa shape index (κ1) is 12.1. The number of aliphatic hydroxyl groups is 2. The average Bonchev–Trinajstić information content (AvgIpc) is 2.73. The van der Waals surface area contributed by atoms with Gasteiger partial charge in [-0.2, -0.15) is 0 Å². The third-order valence-electron chi connectivity index (χ3n) is 3.29. The van der Waals surface area contributed by atoms with Crippen LogP contribution in [0.15, 0.2) is 15.9 Å². The Labute approximate surface area is 105 Å². The minimum Gasteiger partial charge on any atom is -0.396 e. The van der Waals surface area contributed by atoms with Crippen LogP contribution in [-0.2, 0) is 4.74 Å². The Bertz CT molecular complexity index is 717. The van der Waals surface area contributed by atoms with Crippen molar-refractivity contribution in [2.75, 3.05) is 13.2 Å². The third-order valence-corrected chi connectivity index (χ3v) is 3.29. The van der Waals surface area contributed by atoms with E-state index in [9.17, 15) is 14.7 Å². The van der Waals surface area contributed by atoms with Crippen molar-refractivity contribution < 1.29 is 14.9 Å². The summed E-state index contributed by atoms with van der Waals surface area (Å²) in [6.07, 6.45) is 0.335. The summed E-state index contributed by atoms with van der Waals surface area (Å²) in [7, 11) is 0. The lowest BCUT2D eigenvalue weighted by molar-refractivity contribution is -0.243. The van der Waals surface area contributed by atoms with Gasteiger partial charge in [-0.3, -0.25) is 19.3 Å². The van der Waals surface area contributed by atoms with Crippen LogP contribution in [0.3, 0.4) is 0 Å². The standard InChI is InChI=1S/C10H12N4O5/c15-1-4-5(2-16)19-9(4)14-3-11-6-7(14)12-10(18)13-8(6)17/h3-5,9,15-16H,1-2H2,(H2,12,13,17,18). The summed E-state index contributed by atoms with van der Waals surface area (Å²) in [5.41, 5.74) is -0.908. The molecule has 2 aromatic rings. The highest BCUT2D eigenvalue weighted by Gasteiger charge is 2.43. The van der Waals surface area contributed by atoms with Gasteiger partial charge in [-0.15, -0.1) is 0 Å². The summed E-state index contributed by atoms with van der Waals surface area (Å²) in [6, 6.07) is 0. The van der Waals surface area contributed by atoms with Gasteiger partial charge in [-0.1, -0.05) is 0 Å². The Hall–Kier alpha value is -1.97. The minimum atomic E-state index is -0.641. The highest BCUT2D eigenvalue weighted by molar-refractivity contribution is 5.68. The van der Waals surface area contributed by atoms with Crippen molar-refractivity contribution >= 4 is 11.2 Å². The number of nitrogens with one attached hydrogen (secondary N) is 2. The van der Waals surface area contributed by atoms with Gasteiger partial charge in [0.1, 0.15) is 11.9 Å². The van der Waals surface area contributed by atoms with Gasteiger partial charge in [-0.05, 0) is 0 Å². The Morgan fingerprint density at radius 2 is 2.11 bits per heavy atom. The molecule has 0 bridgehead atoms. The van der Waals surface area contributed by atoms with Crippen molar-refractivity contribution in [1.82, 2.24) is 19.5 Å². The van der Waals surface area contributed by atoms with E-state index in [0.29, 0.717) is 0 Å². The average molecular weight is 268 g/mol. The van der Waals surface area contributed by atoms with E-state index in [1.165, 1.54) is 10.9 Å². The molecule has 3 atom stereocenters. The fourth-order valence-electron chi connectivity index (χ4n) is 2.28. The van der Waals surface area contributed by atoms with Crippen LogP contribution in [0.1, 0.15) is 6.23 Å². The molecule has 0 aliphatic carbocycles. The fraction of sp³-hybridized carbons (Fsp3) is 0.500. The zero-order valence-corrected chi connectivity index (χ0v) is 9.74. The van der Waals surface area contributed by atoms with Crippen LogP contribution in [0, 0.1) is 5.92 Å². The monoisotopic (exact) mass is 268 g/mol. The molecule has 0 spiro atoms. The van der Waals surface area contributed by atoms with Crippen molar-refractivity contribution in [3.05, 3.63) is 27.2 Å². The molecule has 0 aromatic carbocycles. The van der Waals surface area contributed by atoms with Gasteiger partial charge in [0, 0.05) is 0 Å². The molecule has 0 saturated carbocycles. The number of hydrogen-bond donors (Lipinski definition) is 4. The molecule has 3 heterocycles. The van der Waals surface area contributed by atoms with Gasteiger partial charge in [0.05, 0.1) is 31.6 Å². The van der Waals surface area contributed by atoms with E-state index in [-0.39, 0.29) is 30.3 Å². The first-order chi connectivity index (χ1) is 9.15. The van der Waals surface area contributed by atoms with E-state index in [1.54, 1.807) is 0 Å². The Morgan fingerprint density at radius 3 is 2.79 bits per heavy atom. The van der Waals surface area contributed by atoms with Crippen LogP contribution in [0.2, 0.25) is 0 Å². The number of ether oxygens (including phenoxy) is 1. The summed E-state index contributed by atoms with van der Waals surface area (Å²) in [6.45, 7) is -0.381. The quantitative estimate of drug-likeness (QED) is 0.504. The first-order valence-electron chi connectivity index (χ1n) is 5.72. The van der Waals surface area contributed by atoms with Crippen LogP contribution in [0.5, 0.6) is 0 Å². The van der Waals surface area contributed by atoms with Crippen LogP contribution in [-0.4, -0.2) is 49.0 Å². The molecule has 19 heavy (non-hydrogen) atoms. The zero-order valence-electron chi connectivity index (χ0n) is 9.74. The second-order valence-corrected chi connectivity index (χ2v) is 4.35. The van der Waals surface area contributed by atoms with Crippen molar-refractivity contribution in [3.8, 4) is 0 Å². The van der Waals surface area contributed by atoms with Gasteiger partial charge in [0.25, 0.3) is 5.56 Å². The topological polar surface area (TPSA) is 133 Å². The van der Waals surface area contributed by atoms with E-state index in [1.807, 2.05) is 0 Å². The number of imidazole rings is 1. The normalized spacial score (nSPS) is 26.5. The molecule has 1 saturated heterocycles. The van der Waals surface area contributed by atoms with Crippen LogP contribution < -0.4 is 11.2 Å². The maximum atomic E-state index is 11.5. The number of aromatic nitrogens is 4. The molecule has 0 amide bonds. The molecule has 102 valence electrons. The fourth-order valence-corrected chi connectivity index (χ4v) is 2.28. The molecule has 1 aliphatic heterocycles. The zero-order chi connectivity index (χ0) is 13.6. The summed E-state index contributed by atoms with van der Waals surface area (Å²) in [4.78, 5) is 31.3. The van der Waals surface area contributed by atoms with E-state index >= 15 is 0 Å². The van der Waals surface area contributed by atoms with Gasteiger partial charge in [0.2, 0.25) is 0 Å². The Balaban J connectivity index is 2.07. The van der Waals surface area contributed by atoms with E-state index in [2.05, 4.69) is 15.0 Å². The van der Waals surface area contributed by atoms with E-state index < -0.39 is 23.6 Å². The summed E-state index contributed by atoms with van der Waals surface area (Å²) in [5, 5.41) is 18.3. The lowest BCUT2D eigenvalue weighted by atomic mass is 9.95. The van der Waals surface area contributed by atoms with Gasteiger partial charge < -0.3 is 14.9 Å². The van der Waals surface area contributed by atoms with Gasteiger partial charge in [-0.25, -0.2) is 9.78 Å².